The number of ether oxygens (including phenoxy) is 1. The third-order valence-corrected chi connectivity index (χ3v) is 4.82. The highest BCUT2D eigenvalue weighted by atomic mass is 32.2. The first-order valence-electron chi connectivity index (χ1n) is 8.48. The average Bonchev–Trinajstić information content (AvgIpc) is 2.57. The normalized spacial score (nSPS) is 11.4. The number of rotatable bonds is 9. The molecular formula is C19H24O5S. The number of unbranched alkanes of at least 4 members (excludes halogenated alkanes) is 4. The summed E-state index contributed by atoms with van der Waals surface area (Å²) in [5.41, 5.74) is 1.04. The van der Waals surface area contributed by atoms with Crippen molar-refractivity contribution in [1.82, 2.24) is 0 Å². The summed E-state index contributed by atoms with van der Waals surface area (Å²) < 4.78 is 37.0. The molecule has 0 radical (unpaired) electrons. The van der Waals surface area contributed by atoms with E-state index in [0.717, 1.165) is 30.9 Å². The summed E-state index contributed by atoms with van der Waals surface area (Å²) in [7, 11) is -4.36. The first kappa shape index (κ1) is 19.3. The highest BCUT2D eigenvalue weighted by Gasteiger charge is 2.14. The van der Waals surface area contributed by atoms with Crippen molar-refractivity contribution in [3.05, 3.63) is 48.0 Å². The summed E-state index contributed by atoms with van der Waals surface area (Å²) >= 11 is 0. The molecule has 0 amide bonds. The van der Waals surface area contributed by atoms with Gasteiger partial charge in [-0.3, -0.25) is 4.55 Å². The van der Waals surface area contributed by atoms with Crippen molar-refractivity contribution < 1.29 is 22.8 Å². The van der Waals surface area contributed by atoms with Gasteiger partial charge < -0.3 is 9.84 Å². The van der Waals surface area contributed by atoms with Gasteiger partial charge in [0, 0.05) is 6.07 Å². The van der Waals surface area contributed by atoms with Crippen molar-refractivity contribution >= 4 is 10.1 Å². The lowest BCUT2D eigenvalue weighted by molar-refractivity contribution is 0.406. The molecule has 0 heterocycles. The van der Waals surface area contributed by atoms with Crippen LogP contribution in [0, 0.1) is 0 Å². The maximum absolute atomic E-state index is 11.1. The predicted octanol–water partition coefficient (Wildman–Crippen LogP) is 4.94. The van der Waals surface area contributed by atoms with Crippen molar-refractivity contribution in [2.75, 3.05) is 0 Å². The lowest BCUT2D eigenvalue weighted by Gasteiger charge is -2.12. The second kappa shape index (κ2) is 8.87. The summed E-state index contributed by atoms with van der Waals surface area (Å²) in [4.78, 5) is -0.374. The zero-order chi connectivity index (χ0) is 18.3. The number of aromatic hydroxyl groups is 1. The minimum absolute atomic E-state index is 0.144. The third kappa shape index (κ3) is 5.76. The molecule has 0 spiro atoms. The minimum atomic E-state index is -4.36. The number of phenols is 1. The Morgan fingerprint density at radius 2 is 1.68 bits per heavy atom. The van der Waals surface area contributed by atoms with Gasteiger partial charge >= 0.3 is 0 Å². The number of benzene rings is 2. The van der Waals surface area contributed by atoms with Gasteiger partial charge in [0.05, 0.1) is 4.90 Å². The van der Waals surface area contributed by atoms with Crippen LogP contribution in [0.25, 0.3) is 0 Å². The minimum Gasteiger partial charge on any atom is -0.504 e. The molecule has 2 aromatic carbocycles. The number of hydrogen-bond acceptors (Lipinski definition) is 4. The number of para-hydroxylation sites is 1. The first-order valence-corrected chi connectivity index (χ1v) is 9.92. The SMILES string of the molecule is CCCCCCCc1ccccc1Oc1ccc(S(=O)(=O)O)cc1O. The van der Waals surface area contributed by atoms with E-state index in [9.17, 15) is 13.5 Å². The van der Waals surface area contributed by atoms with Gasteiger partial charge in [0.15, 0.2) is 11.5 Å². The number of phenolic OH excluding ortho intramolecular Hbond substituents is 1. The fraction of sp³-hybridized carbons (Fsp3) is 0.368. The molecule has 2 aromatic rings. The standard InChI is InChI=1S/C19H24O5S/c1-2-3-4-5-6-9-15-10-7-8-11-18(15)24-19-13-12-16(14-17(19)20)25(21,22)23/h7-8,10-14,20H,2-6,9H2,1H3,(H,21,22,23). The lowest BCUT2D eigenvalue weighted by atomic mass is 10.0. The predicted molar refractivity (Wildman–Crippen MR) is 96.9 cm³/mol. The van der Waals surface area contributed by atoms with Gasteiger partial charge in [-0.25, -0.2) is 0 Å². The largest absolute Gasteiger partial charge is 0.504 e. The molecule has 0 saturated heterocycles. The van der Waals surface area contributed by atoms with Gasteiger partial charge in [-0.1, -0.05) is 50.8 Å². The topological polar surface area (TPSA) is 83.8 Å². The molecule has 0 bridgehead atoms. The molecule has 2 rings (SSSR count). The van der Waals surface area contributed by atoms with E-state index in [-0.39, 0.29) is 16.4 Å². The number of hydrogen-bond donors (Lipinski definition) is 2. The lowest BCUT2D eigenvalue weighted by Crippen LogP contribution is -1.98. The zero-order valence-electron chi connectivity index (χ0n) is 14.3. The highest BCUT2D eigenvalue weighted by Crippen LogP contribution is 2.34. The summed E-state index contributed by atoms with van der Waals surface area (Å²) in [6.45, 7) is 2.18. The van der Waals surface area contributed by atoms with Gasteiger partial charge in [0.1, 0.15) is 5.75 Å². The van der Waals surface area contributed by atoms with E-state index in [0.29, 0.717) is 5.75 Å². The van der Waals surface area contributed by atoms with Crippen molar-refractivity contribution in [2.45, 2.75) is 50.3 Å². The van der Waals surface area contributed by atoms with Crippen LogP contribution in [0.5, 0.6) is 17.2 Å². The molecule has 2 N–H and O–H groups in total. The quantitative estimate of drug-likeness (QED) is 0.486. The molecule has 0 aromatic heterocycles. The van der Waals surface area contributed by atoms with Gasteiger partial charge in [-0.05, 0) is 36.6 Å². The maximum Gasteiger partial charge on any atom is 0.294 e. The molecule has 136 valence electrons. The smallest absolute Gasteiger partial charge is 0.294 e. The van der Waals surface area contributed by atoms with Crippen molar-refractivity contribution in [3.8, 4) is 17.2 Å². The van der Waals surface area contributed by atoms with E-state index in [2.05, 4.69) is 6.92 Å². The van der Waals surface area contributed by atoms with Crippen LogP contribution >= 0.6 is 0 Å². The summed E-state index contributed by atoms with van der Waals surface area (Å²) in [5, 5.41) is 9.98. The fourth-order valence-electron chi connectivity index (χ4n) is 2.59. The van der Waals surface area contributed by atoms with Crippen LogP contribution in [0.2, 0.25) is 0 Å². The molecule has 0 unspecified atom stereocenters. The van der Waals surface area contributed by atoms with E-state index in [1.807, 2.05) is 24.3 Å². The van der Waals surface area contributed by atoms with Crippen molar-refractivity contribution in [3.63, 3.8) is 0 Å². The number of aryl methyl sites for hydroxylation is 1. The molecule has 0 saturated carbocycles. The molecule has 25 heavy (non-hydrogen) atoms. The van der Waals surface area contributed by atoms with Gasteiger partial charge in [-0.15, -0.1) is 0 Å². The van der Waals surface area contributed by atoms with Crippen LogP contribution in [-0.4, -0.2) is 18.1 Å². The molecule has 5 nitrogen and oxygen atoms in total. The Morgan fingerprint density at radius 1 is 0.960 bits per heavy atom. The highest BCUT2D eigenvalue weighted by molar-refractivity contribution is 7.85. The van der Waals surface area contributed by atoms with E-state index in [1.54, 1.807) is 0 Å². The molecule has 0 aliphatic heterocycles. The van der Waals surface area contributed by atoms with Crippen LogP contribution in [0.3, 0.4) is 0 Å². The van der Waals surface area contributed by atoms with Crippen LogP contribution in [0.15, 0.2) is 47.4 Å². The van der Waals surface area contributed by atoms with Gasteiger partial charge in [0.2, 0.25) is 0 Å². The van der Waals surface area contributed by atoms with Crippen molar-refractivity contribution in [1.29, 1.82) is 0 Å². The molecule has 0 atom stereocenters. The Balaban J connectivity index is 2.10. The maximum atomic E-state index is 11.1. The second-order valence-electron chi connectivity index (χ2n) is 5.98. The molecule has 0 fully saturated rings. The summed E-state index contributed by atoms with van der Waals surface area (Å²) in [6, 6.07) is 11.1. The third-order valence-electron chi connectivity index (χ3n) is 3.97. The van der Waals surface area contributed by atoms with E-state index < -0.39 is 10.1 Å². The Bertz CT molecular complexity index is 799. The molecular weight excluding hydrogens is 340 g/mol. The molecule has 0 aliphatic rings. The molecule has 0 aliphatic carbocycles. The van der Waals surface area contributed by atoms with E-state index in [1.165, 1.54) is 31.4 Å². The van der Waals surface area contributed by atoms with E-state index in [4.69, 9.17) is 9.29 Å². The average molecular weight is 364 g/mol. The van der Waals surface area contributed by atoms with E-state index >= 15 is 0 Å². The monoisotopic (exact) mass is 364 g/mol. The summed E-state index contributed by atoms with van der Waals surface area (Å²) in [5.74, 6) is 0.437. The second-order valence-corrected chi connectivity index (χ2v) is 7.40. The Morgan fingerprint density at radius 3 is 2.36 bits per heavy atom. The van der Waals surface area contributed by atoms with Crippen molar-refractivity contribution in [2.24, 2.45) is 0 Å². The summed E-state index contributed by atoms with van der Waals surface area (Å²) in [6.07, 6.45) is 6.77. The Hall–Kier alpha value is -2.05. The first-order chi connectivity index (χ1) is 11.9. The fourth-order valence-corrected chi connectivity index (χ4v) is 3.09. The Kier molecular flexibility index (Phi) is 6.84. The van der Waals surface area contributed by atoms with Crippen LogP contribution in [0.1, 0.15) is 44.6 Å². The molecule has 6 heteroatoms. The van der Waals surface area contributed by atoms with Crippen LogP contribution in [-0.2, 0) is 16.5 Å². The zero-order valence-corrected chi connectivity index (χ0v) is 15.1. The Labute approximate surface area is 149 Å². The van der Waals surface area contributed by atoms with Crippen LogP contribution in [0.4, 0.5) is 0 Å². The van der Waals surface area contributed by atoms with Gasteiger partial charge in [-0.2, -0.15) is 8.42 Å². The van der Waals surface area contributed by atoms with Crippen LogP contribution < -0.4 is 4.74 Å². The van der Waals surface area contributed by atoms with Gasteiger partial charge in [0.25, 0.3) is 10.1 Å².